The molecule has 3 N–H and O–H groups in total. The summed E-state index contributed by atoms with van der Waals surface area (Å²) in [5.41, 5.74) is 6.28. The van der Waals surface area contributed by atoms with Crippen molar-refractivity contribution in [2.24, 2.45) is 11.1 Å². The zero-order valence-electron chi connectivity index (χ0n) is 12.8. The van der Waals surface area contributed by atoms with Crippen molar-refractivity contribution in [2.75, 3.05) is 6.54 Å². The first-order valence-electron chi connectivity index (χ1n) is 8.16. The first-order valence-corrected chi connectivity index (χ1v) is 8.16. The van der Waals surface area contributed by atoms with E-state index in [2.05, 4.69) is 19.1 Å². The molecular formula is C18H29NO. The Balaban J connectivity index is 2.38. The number of benzene rings is 1. The standard InChI is InChI=1S/C18H29NO/c1-2-18(20,16-11-7-6-8-12-16)17(15-19)13-9-4-3-5-10-14-17/h6-8,11-12,20H,2-5,9-10,13-15,19H2,1H3. The van der Waals surface area contributed by atoms with Crippen LogP contribution >= 0.6 is 0 Å². The van der Waals surface area contributed by atoms with Crippen LogP contribution < -0.4 is 5.73 Å². The van der Waals surface area contributed by atoms with E-state index in [-0.39, 0.29) is 5.41 Å². The smallest absolute Gasteiger partial charge is 0.0961 e. The first-order chi connectivity index (χ1) is 9.68. The largest absolute Gasteiger partial charge is 0.385 e. The molecule has 0 spiro atoms. The number of hydrogen-bond acceptors (Lipinski definition) is 2. The molecule has 20 heavy (non-hydrogen) atoms. The third-order valence-corrected chi connectivity index (χ3v) is 5.34. The maximum atomic E-state index is 11.5. The van der Waals surface area contributed by atoms with Gasteiger partial charge in [0.1, 0.15) is 0 Å². The van der Waals surface area contributed by atoms with Crippen LogP contribution in [0.15, 0.2) is 30.3 Å². The number of rotatable bonds is 4. The minimum Gasteiger partial charge on any atom is -0.385 e. The molecule has 1 saturated carbocycles. The fourth-order valence-corrected chi connectivity index (χ4v) is 3.97. The summed E-state index contributed by atoms with van der Waals surface area (Å²) in [6, 6.07) is 10.2. The van der Waals surface area contributed by atoms with Gasteiger partial charge in [-0.15, -0.1) is 0 Å². The molecule has 0 amide bonds. The van der Waals surface area contributed by atoms with Crippen molar-refractivity contribution in [2.45, 2.75) is 63.9 Å². The van der Waals surface area contributed by atoms with Crippen LogP contribution in [0.3, 0.4) is 0 Å². The van der Waals surface area contributed by atoms with Gasteiger partial charge >= 0.3 is 0 Å². The second-order valence-electron chi connectivity index (χ2n) is 6.33. The van der Waals surface area contributed by atoms with Crippen LogP contribution in [0.25, 0.3) is 0 Å². The Morgan fingerprint density at radius 3 is 2.10 bits per heavy atom. The molecule has 1 aromatic carbocycles. The van der Waals surface area contributed by atoms with Gasteiger partial charge in [-0.25, -0.2) is 0 Å². The lowest BCUT2D eigenvalue weighted by Crippen LogP contribution is -2.50. The predicted octanol–water partition coefficient (Wildman–Crippen LogP) is 3.97. The molecule has 2 heteroatoms. The Bertz CT molecular complexity index is 395. The van der Waals surface area contributed by atoms with Gasteiger partial charge in [0.15, 0.2) is 0 Å². The van der Waals surface area contributed by atoms with Crippen molar-refractivity contribution in [3.63, 3.8) is 0 Å². The summed E-state index contributed by atoms with van der Waals surface area (Å²) in [5.74, 6) is 0. The Hall–Kier alpha value is -0.860. The van der Waals surface area contributed by atoms with E-state index >= 15 is 0 Å². The van der Waals surface area contributed by atoms with Crippen LogP contribution in [-0.2, 0) is 5.60 Å². The molecule has 1 atom stereocenters. The summed E-state index contributed by atoms with van der Waals surface area (Å²) >= 11 is 0. The molecule has 0 aromatic heterocycles. The van der Waals surface area contributed by atoms with Gasteiger partial charge in [-0.05, 0) is 24.8 Å². The van der Waals surface area contributed by atoms with E-state index in [1.54, 1.807) is 0 Å². The van der Waals surface area contributed by atoms with Crippen molar-refractivity contribution in [3.05, 3.63) is 35.9 Å². The van der Waals surface area contributed by atoms with Crippen molar-refractivity contribution in [1.82, 2.24) is 0 Å². The van der Waals surface area contributed by atoms with Crippen LogP contribution in [0.1, 0.15) is 63.9 Å². The SMILES string of the molecule is CCC(O)(c1ccccc1)C1(CN)CCCCCCC1. The zero-order valence-corrected chi connectivity index (χ0v) is 12.8. The average Bonchev–Trinajstić information content (AvgIpc) is 2.48. The van der Waals surface area contributed by atoms with E-state index in [0.29, 0.717) is 6.54 Å². The number of hydrogen-bond donors (Lipinski definition) is 2. The maximum Gasteiger partial charge on any atom is 0.0961 e. The lowest BCUT2D eigenvalue weighted by atomic mass is 9.61. The van der Waals surface area contributed by atoms with Gasteiger partial charge in [0.05, 0.1) is 5.60 Å². The van der Waals surface area contributed by atoms with Crippen molar-refractivity contribution in [1.29, 1.82) is 0 Å². The fourth-order valence-electron chi connectivity index (χ4n) is 3.97. The monoisotopic (exact) mass is 275 g/mol. The lowest BCUT2D eigenvalue weighted by Gasteiger charge is -2.48. The molecule has 1 fully saturated rings. The fraction of sp³-hybridized carbons (Fsp3) is 0.667. The highest BCUT2D eigenvalue weighted by atomic mass is 16.3. The lowest BCUT2D eigenvalue weighted by molar-refractivity contribution is -0.104. The molecule has 1 aromatic rings. The van der Waals surface area contributed by atoms with Gasteiger partial charge in [0.2, 0.25) is 0 Å². The van der Waals surface area contributed by atoms with E-state index in [1.165, 1.54) is 32.1 Å². The molecule has 112 valence electrons. The van der Waals surface area contributed by atoms with Gasteiger partial charge < -0.3 is 10.8 Å². The van der Waals surface area contributed by atoms with Crippen LogP contribution in [-0.4, -0.2) is 11.7 Å². The topological polar surface area (TPSA) is 46.2 Å². The molecule has 1 aliphatic carbocycles. The second kappa shape index (κ2) is 6.73. The van der Waals surface area contributed by atoms with Gasteiger partial charge in [-0.3, -0.25) is 0 Å². The summed E-state index contributed by atoms with van der Waals surface area (Å²) in [5, 5.41) is 11.5. The normalized spacial score (nSPS) is 22.6. The first kappa shape index (κ1) is 15.5. The van der Waals surface area contributed by atoms with Gasteiger partial charge in [-0.2, -0.15) is 0 Å². The van der Waals surface area contributed by atoms with Crippen LogP contribution in [0.5, 0.6) is 0 Å². The van der Waals surface area contributed by atoms with Crippen molar-refractivity contribution < 1.29 is 5.11 Å². The summed E-state index contributed by atoms with van der Waals surface area (Å²) in [7, 11) is 0. The minimum absolute atomic E-state index is 0.163. The second-order valence-corrected chi connectivity index (χ2v) is 6.33. The quantitative estimate of drug-likeness (QED) is 0.873. The van der Waals surface area contributed by atoms with Gasteiger partial charge in [-0.1, -0.05) is 69.4 Å². The summed E-state index contributed by atoms with van der Waals surface area (Å²) in [6.07, 6.45) is 9.07. The van der Waals surface area contributed by atoms with Crippen molar-refractivity contribution in [3.8, 4) is 0 Å². The molecule has 1 aliphatic rings. The molecule has 0 aliphatic heterocycles. The minimum atomic E-state index is -0.791. The zero-order chi connectivity index (χ0) is 14.5. The summed E-state index contributed by atoms with van der Waals surface area (Å²) < 4.78 is 0. The average molecular weight is 275 g/mol. The Labute approximate surface area is 123 Å². The van der Waals surface area contributed by atoms with E-state index in [1.807, 2.05) is 18.2 Å². The summed E-state index contributed by atoms with van der Waals surface area (Å²) in [6.45, 7) is 2.66. The van der Waals surface area contributed by atoms with E-state index in [9.17, 15) is 5.11 Å². The highest BCUT2D eigenvalue weighted by Crippen LogP contribution is 2.49. The third-order valence-electron chi connectivity index (χ3n) is 5.34. The predicted molar refractivity (Wildman–Crippen MR) is 84.4 cm³/mol. The molecule has 1 unspecified atom stereocenters. The highest BCUT2D eigenvalue weighted by Gasteiger charge is 2.48. The number of nitrogens with two attached hydrogens (primary N) is 1. The molecule has 2 rings (SSSR count). The Morgan fingerprint density at radius 2 is 1.60 bits per heavy atom. The molecule has 0 saturated heterocycles. The van der Waals surface area contributed by atoms with Crippen LogP contribution in [0, 0.1) is 5.41 Å². The molecular weight excluding hydrogens is 246 g/mol. The van der Waals surface area contributed by atoms with Gasteiger partial charge in [0.25, 0.3) is 0 Å². The Morgan fingerprint density at radius 1 is 1.05 bits per heavy atom. The number of aliphatic hydroxyl groups is 1. The molecule has 2 nitrogen and oxygen atoms in total. The third kappa shape index (κ3) is 2.77. The molecule has 0 bridgehead atoms. The van der Waals surface area contributed by atoms with E-state index in [4.69, 9.17) is 5.73 Å². The summed E-state index contributed by atoms with van der Waals surface area (Å²) in [4.78, 5) is 0. The maximum absolute atomic E-state index is 11.5. The molecule has 0 radical (unpaired) electrons. The van der Waals surface area contributed by atoms with Gasteiger partial charge in [0, 0.05) is 12.0 Å². The Kier molecular flexibility index (Phi) is 5.22. The highest BCUT2D eigenvalue weighted by molar-refractivity contribution is 5.26. The molecule has 0 heterocycles. The van der Waals surface area contributed by atoms with Crippen LogP contribution in [0.4, 0.5) is 0 Å². The van der Waals surface area contributed by atoms with Crippen molar-refractivity contribution >= 4 is 0 Å². The van der Waals surface area contributed by atoms with E-state index in [0.717, 1.165) is 24.8 Å². The van der Waals surface area contributed by atoms with E-state index < -0.39 is 5.60 Å². The van der Waals surface area contributed by atoms with Crippen LogP contribution in [0.2, 0.25) is 0 Å².